The Labute approximate surface area is 236 Å². The van der Waals surface area contributed by atoms with Gasteiger partial charge in [0.05, 0.1) is 41.4 Å². The SMILES string of the molecule is Cc1nc2c(-c3ccc(-n4c(=O)n(COCC[S+](C)C)c5cccnc54)cc3)cccc2n1Cc1ccccc1. The summed E-state index contributed by atoms with van der Waals surface area (Å²) in [4.78, 5) is 23.0. The van der Waals surface area contributed by atoms with E-state index >= 15 is 0 Å². The lowest BCUT2D eigenvalue weighted by Gasteiger charge is -2.09. The van der Waals surface area contributed by atoms with E-state index in [0.29, 0.717) is 23.1 Å². The third-order valence-corrected chi connectivity index (χ3v) is 8.12. The van der Waals surface area contributed by atoms with Crippen molar-refractivity contribution in [3.63, 3.8) is 0 Å². The van der Waals surface area contributed by atoms with Gasteiger partial charge in [0.25, 0.3) is 0 Å². The van der Waals surface area contributed by atoms with Crippen molar-refractivity contribution < 1.29 is 4.74 Å². The van der Waals surface area contributed by atoms with E-state index in [-0.39, 0.29) is 12.4 Å². The fourth-order valence-corrected chi connectivity index (χ4v) is 5.53. The molecule has 0 unspecified atom stereocenters. The van der Waals surface area contributed by atoms with Crippen LogP contribution >= 0.6 is 0 Å². The van der Waals surface area contributed by atoms with E-state index in [0.717, 1.165) is 51.5 Å². The zero-order chi connectivity index (χ0) is 27.6. The van der Waals surface area contributed by atoms with Gasteiger partial charge in [-0.2, -0.15) is 0 Å². The molecule has 0 bridgehead atoms. The highest BCUT2D eigenvalue weighted by molar-refractivity contribution is 7.95. The van der Waals surface area contributed by atoms with E-state index in [9.17, 15) is 4.79 Å². The summed E-state index contributed by atoms with van der Waals surface area (Å²) in [6, 6.07) is 28.6. The summed E-state index contributed by atoms with van der Waals surface area (Å²) in [7, 11) is 0.297. The number of nitrogens with zero attached hydrogens (tertiary/aromatic N) is 5. The molecule has 8 heteroatoms. The smallest absolute Gasteiger partial charge is 0.336 e. The van der Waals surface area contributed by atoms with Crippen LogP contribution in [0, 0.1) is 6.92 Å². The van der Waals surface area contributed by atoms with Gasteiger partial charge in [-0.25, -0.2) is 19.3 Å². The van der Waals surface area contributed by atoms with Gasteiger partial charge in [-0.3, -0.25) is 4.57 Å². The van der Waals surface area contributed by atoms with Gasteiger partial charge in [-0.05, 0) is 59.3 Å². The van der Waals surface area contributed by atoms with Crippen molar-refractivity contribution >= 4 is 33.1 Å². The minimum Gasteiger partial charge on any atom is -0.356 e. The van der Waals surface area contributed by atoms with Crippen LogP contribution < -0.4 is 5.69 Å². The van der Waals surface area contributed by atoms with E-state index in [4.69, 9.17) is 9.72 Å². The third kappa shape index (κ3) is 4.96. The van der Waals surface area contributed by atoms with Gasteiger partial charge in [0.1, 0.15) is 18.3 Å². The molecular formula is C32H32N5O2S+. The first-order chi connectivity index (χ1) is 19.5. The standard InChI is InChI=1S/C32H32N5O2S/c1-23-34-30-27(11-7-12-28(30)35(23)21-24-9-5-4-6-10-24)25-14-16-26(17-15-25)37-31-29(13-8-18-33-31)36(32(37)38)22-39-19-20-40(2)3/h4-18H,19-22H2,1-3H3/q+1. The predicted molar refractivity (Wildman–Crippen MR) is 164 cm³/mol. The first-order valence-electron chi connectivity index (χ1n) is 13.3. The Balaban J connectivity index is 1.34. The predicted octanol–water partition coefficient (Wildman–Crippen LogP) is 5.41. The van der Waals surface area contributed by atoms with Crippen molar-refractivity contribution in [1.82, 2.24) is 23.7 Å². The molecule has 3 aromatic carbocycles. The number of aryl methyl sites for hydroxylation is 1. The first kappa shape index (κ1) is 26.1. The molecule has 7 nitrogen and oxygen atoms in total. The van der Waals surface area contributed by atoms with E-state index < -0.39 is 0 Å². The Morgan fingerprint density at radius 3 is 2.40 bits per heavy atom. The molecule has 40 heavy (non-hydrogen) atoms. The maximum Gasteiger partial charge on any atom is 0.336 e. The summed E-state index contributed by atoms with van der Waals surface area (Å²) in [5.41, 5.74) is 7.39. The molecule has 202 valence electrons. The lowest BCUT2D eigenvalue weighted by molar-refractivity contribution is 0.0900. The van der Waals surface area contributed by atoms with Crippen LogP contribution in [0.2, 0.25) is 0 Å². The van der Waals surface area contributed by atoms with Gasteiger partial charge in [-0.15, -0.1) is 0 Å². The maximum atomic E-state index is 13.5. The van der Waals surface area contributed by atoms with E-state index in [2.05, 4.69) is 71.5 Å². The van der Waals surface area contributed by atoms with Gasteiger partial charge in [-0.1, -0.05) is 54.6 Å². The molecule has 6 aromatic rings. The molecular weight excluding hydrogens is 518 g/mol. The van der Waals surface area contributed by atoms with Crippen LogP contribution in [0.4, 0.5) is 0 Å². The molecule has 0 fully saturated rings. The molecule has 0 aliphatic carbocycles. The quantitative estimate of drug-likeness (QED) is 0.178. The number of benzene rings is 3. The maximum absolute atomic E-state index is 13.5. The van der Waals surface area contributed by atoms with Crippen molar-refractivity contribution in [3.05, 3.63) is 113 Å². The molecule has 0 N–H and O–H groups in total. The van der Waals surface area contributed by atoms with Crippen LogP contribution in [0.1, 0.15) is 11.4 Å². The highest BCUT2D eigenvalue weighted by atomic mass is 32.2. The fourth-order valence-electron chi connectivity index (χ4n) is 5.08. The lowest BCUT2D eigenvalue weighted by Crippen LogP contribution is -2.25. The van der Waals surface area contributed by atoms with Crippen LogP contribution in [0.25, 0.3) is 39.0 Å². The summed E-state index contributed by atoms with van der Waals surface area (Å²) < 4.78 is 11.4. The Morgan fingerprint density at radius 2 is 1.62 bits per heavy atom. The Morgan fingerprint density at radius 1 is 0.850 bits per heavy atom. The van der Waals surface area contributed by atoms with Gasteiger partial charge in [0, 0.05) is 18.3 Å². The van der Waals surface area contributed by atoms with Gasteiger partial charge < -0.3 is 9.30 Å². The summed E-state index contributed by atoms with van der Waals surface area (Å²) in [6.45, 7) is 3.65. The van der Waals surface area contributed by atoms with Crippen molar-refractivity contribution in [2.24, 2.45) is 0 Å². The number of ether oxygens (including phenoxy) is 1. The molecule has 0 radical (unpaired) electrons. The molecule has 3 heterocycles. The second-order valence-electron chi connectivity index (χ2n) is 10.1. The third-order valence-electron chi connectivity index (χ3n) is 7.14. The number of para-hydroxylation sites is 1. The number of rotatable bonds is 9. The fraction of sp³-hybridized carbons (Fsp3) is 0.219. The second kappa shape index (κ2) is 11.2. The van der Waals surface area contributed by atoms with Crippen LogP contribution in [-0.4, -0.2) is 48.5 Å². The molecule has 0 saturated heterocycles. The number of aromatic nitrogens is 5. The molecule has 0 saturated carbocycles. The molecule has 0 spiro atoms. The molecule has 0 aliphatic rings. The monoisotopic (exact) mass is 550 g/mol. The van der Waals surface area contributed by atoms with Crippen LogP contribution in [0.5, 0.6) is 0 Å². The number of fused-ring (bicyclic) bond motifs is 2. The molecule has 0 aliphatic heterocycles. The largest absolute Gasteiger partial charge is 0.356 e. The van der Waals surface area contributed by atoms with Crippen molar-refractivity contribution in [2.75, 3.05) is 24.9 Å². The summed E-state index contributed by atoms with van der Waals surface area (Å²) in [6.07, 6.45) is 6.09. The second-order valence-corrected chi connectivity index (χ2v) is 12.4. The first-order valence-corrected chi connectivity index (χ1v) is 15.5. The van der Waals surface area contributed by atoms with E-state index in [1.54, 1.807) is 15.3 Å². The lowest BCUT2D eigenvalue weighted by atomic mass is 10.0. The van der Waals surface area contributed by atoms with Gasteiger partial charge >= 0.3 is 5.69 Å². The average Bonchev–Trinajstić information content (AvgIpc) is 3.44. The zero-order valence-electron chi connectivity index (χ0n) is 22.9. The van der Waals surface area contributed by atoms with Crippen molar-refractivity contribution in [1.29, 1.82) is 0 Å². The molecule has 6 rings (SSSR count). The average molecular weight is 551 g/mol. The molecule has 0 atom stereocenters. The summed E-state index contributed by atoms with van der Waals surface area (Å²) >= 11 is 0. The number of imidazole rings is 2. The number of pyridine rings is 1. The van der Waals surface area contributed by atoms with E-state index in [1.807, 2.05) is 42.5 Å². The Kier molecular flexibility index (Phi) is 7.28. The minimum absolute atomic E-state index is 0.161. The summed E-state index contributed by atoms with van der Waals surface area (Å²) in [5, 5.41) is 0. The summed E-state index contributed by atoms with van der Waals surface area (Å²) in [5.74, 6) is 1.95. The van der Waals surface area contributed by atoms with Crippen molar-refractivity contribution in [3.8, 4) is 16.8 Å². The number of hydrogen-bond donors (Lipinski definition) is 0. The minimum atomic E-state index is -0.161. The van der Waals surface area contributed by atoms with Crippen LogP contribution in [-0.2, 0) is 28.9 Å². The van der Waals surface area contributed by atoms with Gasteiger partial charge in [0.15, 0.2) is 5.65 Å². The highest BCUT2D eigenvalue weighted by Gasteiger charge is 2.17. The van der Waals surface area contributed by atoms with Gasteiger partial charge in [0.2, 0.25) is 0 Å². The topological polar surface area (TPSA) is 66.9 Å². The normalized spacial score (nSPS) is 11.7. The van der Waals surface area contributed by atoms with Crippen molar-refractivity contribution in [2.45, 2.75) is 20.2 Å². The Hall–Kier alpha value is -4.14. The van der Waals surface area contributed by atoms with Crippen LogP contribution in [0.15, 0.2) is 95.9 Å². The highest BCUT2D eigenvalue weighted by Crippen LogP contribution is 2.30. The molecule has 0 amide bonds. The number of hydrogen-bond acceptors (Lipinski definition) is 4. The Bertz CT molecular complexity index is 1840. The van der Waals surface area contributed by atoms with E-state index in [1.165, 1.54) is 5.56 Å². The van der Waals surface area contributed by atoms with Crippen LogP contribution in [0.3, 0.4) is 0 Å². The zero-order valence-corrected chi connectivity index (χ0v) is 23.8. The molecule has 3 aromatic heterocycles.